The molecule has 2 heterocycles. The molecule has 32 heavy (non-hydrogen) atoms. The van der Waals surface area contributed by atoms with Gasteiger partial charge in [-0.1, -0.05) is 13.0 Å². The lowest BCUT2D eigenvalue weighted by Gasteiger charge is -2.26. The van der Waals surface area contributed by atoms with E-state index in [1.807, 2.05) is 18.2 Å². The predicted molar refractivity (Wildman–Crippen MR) is 113 cm³/mol. The highest BCUT2D eigenvalue weighted by Gasteiger charge is 2.32. The highest BCUT2D eigenvalue weighted by Crippen LogP contribution is 2.32. The van der Waals surface area contributed by atoms with Gasteiger partial charge in [-0.25, -0.2) is 0 Å². The van der Waals surface area contributed by atoms with Gasteiger partial charge >= 0.3 is 6.18 Å². The monoisotopic (exact) mass is 442 g/mol. The molecule has 0 radical (unpaired) electrons. The Morgan fingerprint density at radius 3 is 2.53 bits per heavy atom. The number of nitrogens with one attached hydrogen (secondary N) is 1. The lowest BCUT2D eigenvalue weighted by molar-refractivity contribution is -0.137. The zero-order chi connectivity index (χ0) is 22.9. The summed E-state index contributed by atoms with van der Waals surface area (Å²) in [4.78, 5) is 25.8. The van der Waals surface area contributed by atoms with Crippen LogP contribution in [0.15, 0.2) is 59.0 Å². The Balaban J connectivity index is 1.49. The second kappa shape index (κ2) is 8.53. The van der Waals surface area contributed by atoms with Gasteiger partial charge in [0.2, 0.25) is 5.91 Å². The van der Waals surface area contributed by atoms with Gasteiger partial charge in [0.15, 0.2) is 0 Å². The van der Waals surface area contributed by atoms with Gasteiger partial charge < -0.3 is 14.6 Å². The third kappa shape index (κ3) is 4.54. The van der Waals surface area contributed by atoms with Crippen molar-refractivity contribution < 1.29 is 27.2 Å². The summed E-state index contributed by atoms with van der Waals surface area (Å²) in [5, 5.41) is 2.78. The Labute approximate surface area is 182 Å². The first kappa shape index (κ1) is 21.7. The van der Waals surface area contributed by atoms with E-state index in [1.165, 1.54) is 17.0 Å². The predicted octanol–water partition coefficient (Wildman–Crippen LogP) is 5.51. The Kier molecular flexibility index (Phi) is 5.78. The Hall–Kier alpha value is -3.55. The van der Waals surface area contributed by atoms with Crippen molar-refractivity contribution in [1.29, 1.82) is 0 Å². The van der Waals surface area contributed by atoms with Crippen molar-refractivity contribution in [3.8, 4) is 11.3 Å². The van der Waals surface area contributed by atoms with E-state index < -0.39 is 17.6 Å². The Morgan fingerprint density at radius 1 is 1.09 bits per heavy atom. The number of alkyl halides is 3. The number of rotatable bonds is 4. The molecule has 0 atom stereocenters. The lowest BCUT2D eigenvalue weighted by atomic mass is 10.0. The molecule has 2 aromatic carbocycles. The van der Waals surface area contributed by atoms with E-state index in [-0.39, 0.29) is 18.0 Å². The number of carbonyl (C=O) groups is 2. The molecule has 1 aliphatic heterocycles. The first-order valence-electron chi connectivity index (χ1n) is 10.2. The summed E-state index contributed by atoms with van der Waals surface area (Å²) in [6.07, 6.45) is -3.63. The summed E-state index contributed by atoms with van der Waals surface area (Å²) >= 11 is 0. The van der Waals surface area contributed by atoms with Crippen molar-refractivity contribution in [1.82, 2.24) is 4.90 Å². The van der Waals surface area contributed by atoms with Gasteiger partial charge in [-0.3, -0.25) is 9.59 Å². The summed E-state index contributed by atoms with van der Waals surface area (Å²) in [5.74, 6) is 0.880. The van der Waals surface area contributed by atoms with Gasteiger partial charge in [0.25, 0.3) is 5.91 Å². The van der Waals surface area contributed by atoms with Crippen LogP contribution in [0.1, 0.15) is 40.6 Å². The minimum Gasteiger partial charge on any atom is -0.461 e. The molecule has 0 unspecified atom stereocenters. The van der Waals surface area contributed by atoms with Crippen LogP contribution in [0.5, 0.6) is 0 Å². The van der Waals surface area contributed by atoms with E-state index in [1.54, 1.807) is 19.1 Å². The number of hydrogen-bond donors (Lipinski definition) is 1. The zero-order valence-corrected chi connectivity index (χ0v) is 17.3. The fourth-order valence-electron chi connectivity index (χ4n) is 3.63. The van der Waals surface area contributed by atoms with E-state index in [4.69, 9.17) is 4.42 Å². The molecule has 0 saturated heterocycles. The summed E-state index contributed by atoms with van der Waals surface area (Å²) in [6.45, 7) is 2.40. The third-order valence-corrected chi connectivity index (χ3v) is 5.36. The first-order chi connectivity index (χ1) is 15.2. The van der Waals surface area contributed by atoms with Crippen LogP contribution < -0.4 is 5.32 Å². The van der Waals surface area contributed by atoms with E-state index in [0.29, 0.717) is 30.8 Å². The largest absolute Gasteiger partial charge is 0.461 e. The Bertz CT molecular complexity index is 1150. The molecule has 1 N–H and O–H groups in total. The average Bonchev–Trinajstić information content (AvgIpc) is 3.22. The molecular formula is C24H21F3N2O3. The molecule has 4 rings (SSSR count). The number of hydrogen-bond acceptors (Lipinski definition) is 3. The van der Waals surface area contributed by atoms with Crippen LogP contribution in [0.25, 0.3) is 11.3 Å². The van der Waals surface area contributed by atoms with Crippen molar-refractivity contribution in [3.05, 3.63) is 77.0 Å². The Morgan fingerprint density at radius 2 is 1.84 bits per heavy atom. The summed E-state index contributed by atoms with van der Waals surface area (Å²) in [7, 11) is 0. The molecule has 0 fully saturated rings. The maximum Gasteiger partial charge on any atom is 0.416 e. The molecule has 0 bridgehead atoms. The van der Waals surface area contributed by atoms with E-state index >= 15 is 0 Å². The minimum absolute atomic E-state index is 0.0108. The topological polar surface area (TPSA) is 62.6 Å². The van der Waals surface area contributed by atoms with Gasteiger partial charge in [-0.15, -0.1) is 0 Å². The molecule has 0 spiro atoms. The van der Waals surface area contributed by atoms with Crippen molar-refractivity contribution in [2.24, 2.45) is 0 Å². The maximum atomic E-state index is 13.0. The molecule has 0 aliphatic carbocycles. The highest BCUT2D eigenvalue weighted by molar-refractivity contribution is 5.94. The summed E-state index contributed by atoms with van der Waals surface area (Å²) < 4.78 is 44.9. The van der Waals surface area contributed by atoms with E-state index in [2.05, 4.69) is 5.32 Å². The quantitative estimate of drug-likeness (QED) is 0.579. The number of nitrogens with zero attached hydrogens (tertiary/aromatic N) is 1. The van der Waals surface area contributed by atoms with Gasteiger partial charge in [0.1, 0.15) is 11.5 Å². The number of fused-ring (bicyclic) bond motifs is 1. The van der Waals surface area contributed by atoms with Crippen LogP contribution in [-0.2, 0) is 23.9 Å². The molecule has 1 aromatic heterocycles. The number of benzene rings is 2. The fourth-order valence-corrected chi connectivity index (χ4v) is 3.63. The molecule has 3 aromatic rings. The molecule has 5 nitrogen and oxygen atoms in total. The molecular weight excluding hydrogens is 421 g/mol. The molecule has 2 amide bonds. The van der Waals surface area contributed by atoms with Crippen LogP contribution in [0, 0.1) is 0 Å². The summed E-state index contributed by atoms with van der Waals surface area (Å²) in [5.41, 5.74) is 1.51. The smallest absolute Gasteiger partial charge is 0.416 e. The second-order valence-corrected chi connectivity index (χ2v) is 7.59. The van der Waals surface area contributed by atoms with Crippen molar-refractivity contribution in [2.75, 3.05) is 11.9 Å². The zero-order valence-electron chi connectivity index (χ0n) is 17.3. The molecule has 8 heteroatoms. The van der Waals surface area contributed by atoms with Crippen molar-refractivity contribution >= 4 is 17.5 Å². The first-order valence-corrected chi connectivity index (χ1v) is 10.2. The van der Waals surface area contributed by atoms with E-state index in [0.717, 1.165) is 29.0 Å². The third-order valence-electron chi connectivity index (χ3n) is 5.36. The van der Waals surface area contributed by atoms with Crippen LogP contribution >= 0.6 is 0 Å². The summed E-state index contributed by atoms with van der Waals surface area (Å²) in [6, 6.07) is 13.6. The van der Waals surface area contributed by atoms with Crippen LogP contribution in [-0.4, -0.2) is 23.3 Å². The minimum atomic E-state index is -4.50. The van der Waals surface area contributed by atoms with E-state index in [9.17, 15) is 22.8 Å². The number of carbonyl (C=O) groups excluding carboxylic acids is 2. The normalized spacial score (nSPS) is 13.6. The van der Waals surface area contributed by atoms with Gasteiger partial charge in [-0.05, 0) is 48.5 Å². The van der Waals surface area contributed by atoms with Gasteiger partial charge in [0, 0.05) is 48.3 Å². The highest BCUT2D eigenvalue weighted by atomic mass is 19.4. The SMILES string of the molecule is CCC(=O)Nc1ccc(-c2cc3c(o2)CCN(C(=O)c2cccc(C(F)(F)F)c2)C3)cc1. The second-order valence-electron chi connectivity index (χ2n) is 7.59. The number of furan rings is 1. The number of halogens is 3. The molecule has 166 valence electrons. The van der Waals surface area contributed by atoms with Crippen molar-refractivity contribution in [3.63, 3.8) is 0 Å². The fraction of sp³-hybridized carbons (Fsp3) is 0.250. The van der Waals surface area contributed by atoms with Crippen LogP contribution in [0.3, 0.4) is 0 Å². The maximum absolute atomic E-state index is 13.0. The standard InChI is InChI=1S/C24H21F3N2O3/c1-2-22(30)28-19-8-6-15(7-9-19)21-13-17-14-29(11-10-20(17)32-21)23(31)16-4-3-5-18(12-16)24(25,26)27/h3-9,12-13H,2,10-11,14H2,1H3,(H,28,30). The van der Waals surface area contributed by atoms with Gasteiger partial charge in [-0.2, -0.15) is 13.2 Å². The van der Waals surface area contributed by atoms with Crippen LogP contribution in [0.4, 0.5) is 18.9 Å². The van der Waals surface area contributed by atoms with Crippen molar-refractivity contribution in [2.45, 2.75) is 32.5 Å². The van der Waals surface area contributed by atoms with Gasteiger partial charge in [0.05, 0.1) is 5.56 Å². The average molecular weight is 442 g/mol. The van der Waals surface area contributed by atoms with Crippen LogP contribution in [0.2, 0.25) is 0 Å². The number of amides is 2. The molecule has 0 saturated carbocycles. The lowest BCUT2D eigenvalue weighted by Crippen LogP contribution is -2.35. The number of anilines is 1. The molecule has 1 aliphatic rings.